The van der Waals surface area contributed by atoms with Crippen LogP contribution in [0.3, 0.4) is 0 Å². The third-order valence-corrected chi connectivity index (χ3v) is 5.21. The van der Waals surface area contributed by atoms with E-state index >= 15 is 0 Å². The van der Waals surface area contributed by atoms with Gasteiger partial charge in [0.05, 0.1) is 11.8 Å². The molecule has 23 heavy (non-hydrogen) atoms. The van der Waals surface area contributed by atoms with E-state index in [-0.39, 0.29) is 23.1 Å². The van der Waals surface area contributed by atoms with Crippen LogP contribution in [0.15, 0.2) is 18.6 Å². The number of aliphatic hydroxyl groups is 1. The number of nitrogens with one attached hydrogen (secondary N) is 1. The zero-order chi connectivity index (χ0) is 16.7. The summed E-state index contributed by atoms with van der Waals surface area (Å²) in [4.78, 5) is 11.0. The van der Waals surface area contributed by atoms with E-state index < -0.39 is 0 Å². The second-order valence-corrected chi connectivity index (χ2v) is 8.64. The summed E-state index contributed by atoms with van der Waals surface area (Å²) in [5, 5.41) is 14.2. The average molecular weight is 318 g/mol. The minimum Gasteiger partial charge on any atom is -0.391 e. The Morgan fingerprint density at radius 1 is 1.17 bits per heavy atom. The highest BCUT2D eigenvalue weighted by Crippen LogP contribution is 2.34. The van der Waals surface area contributed by atoms with Crippen molar-refractivity contribution in [1.29, 1.82) is 0 Å². The van der Waals surface area contributed by atoms with Gasteiger partial charge in [-0.2, -0.15) is 0 Å². The number of aliphatic hydroxyl groups excluding tert-OH is 1. The van der Waals surface area contributed by atoms with Gasteiger partial charge in [-0.3, -0.25) is 14.9 Å². The molecule has 0 unspecified atom stereocenters. The molecule has 0 spiro atoms. The molecule has 2 fully saturated rings. The van der Waals surface area contributed by atoms with Gasteiger partial charge >= 0.3 is 0 Å². The van der Waals surface area contributed by atoms with Crippen LogP contribution < -0.4 is 5.32 Å². The van der Waals surface area contributed by atoms with Crippen LogP contribution in [-0.2, 0) is 6.42 Å². The van der Waals surface area contributed by atoms with Gasteiger partial charge < -0.3 is 10.4 Å². The summed E-state index contributed by atoms with van der Waals surface area (Å²) in [6.45, 7) is 10.9. The van der Waals surface area contributed by atoms with E-state index in [9.17, 15) is 5.11 Å². The summed E-state index contributed by atoms with van der Waals surface area (Å²) >= 11 is 0. The smallest absolute Gasteiger partial charge is 0.0711 e. The van der Waals surface area contributed by atoms with Crippen molar-refractivity contribution in [1.82, 2.24) is 20.2 Å². The number of hydrogen-bond donors (Lipinski definition) is 2. The van der Waals surface area contributed by atoms with E-state index in [4.69, 9.17) is 0 Å². The normalized spacial score (nSPS) is 31.3. The Labute approximate surface area is 139 Å². The molecule has 2 N–H and O–H groups in total. The lowest BCUT2D eigenvalue weighted by Gasteiger charge is -2.49. The molecule has 3 heterocycles. The van der Waals surface area contributed by atoms with E-state index in [1.54, 1.807) is 12.4 Å². The molecule has 5 heteroatoms. The van der Waals surface area contributed by atoms with Crippen LogP contribution in [0.4, 0.5) is 0 Å². The zero-order valence-corrected chi connectivity index (χ0v) is 14.8. The predicted molar refractivity (Wildman–Crippen MR) is 91.1 cm³/mol. The van der Waals surface area contributed by atoms with Crippen LogP contribution in [-0.4, -0.2) is 56.3 Å². The summed E-state index contributed by atoms with van der Waals surface area (Å²) < 4.78 is 0. The van der Waals surface area contributed by atoms with Crippen molar-refractivity contribution in [2.75, 3.05) is 13.1 Å². The topological polar surface area (TPSA) is 61.3 Å². The molecule has 0 aliphatic carbocycles. The molecule has 0 saturated carbocycles. The first kappa shape index (κ1) is 16.8. The maximum absolute atomic E-state index is 10.5. The number of aromatic nitrogens is 2. The third kappa shape index (κ3) is 4.08. The minimum atomic E-state index is -0.266. The lowest BCUT2D eigenvalue weighted by atomic mass is 9.79. The van der Waals surface area contributed by atoms with Crippen LogP contribution in [0.25, 0.3) is 0 Å². The monoisotopic (exact) mass is 318 g/mol. The second-order valence-electron chi connectivity index (χ2n) is 8.64. The largest absolute Gasteiger partial charge is 0.391 e. The minimum absolute atomic E-state index is 0.139. The molecule has 0 amide bonds. The van der Waals surface area contributed by atoms with Gasteiger partial charge in [0.25, 0.3) is 0 Å². The fourth-order valence-electron chi connectivity index (χ4n) is 4.62. The van der Waals surface area contributed by atoms with E-state index in [0.717, 1.165) is 38.0 Å². The maximum Gasteiger partial charge on any atom is 0.0711 e. The second kappa shape index (κ2) is 6.11. The molecule has 2 aliphatic heterocycles. The molecule has 0 aromatic carbocycles. The molecule has 2 aliphatic rings. The fourth-order valence-corrected chi connectivity index (χ4v) is 4.62. The lowest BCUT2D eigenvalue weighted by molar-refractivity contribution is 0.0704. The fraction of sp³-hybridized carbons (Fsp3) is 0.778. The summed E-state index contributed by atoms with van der Waals surface area (Å²) in [5.74, 6) is 0.257. The SMILES string of the molecule is CC1(C)CC(N2C[C@@H](Cc3cnccn3)[C@H](O)C2)CC(C)(C)N1. The first-order valence-corrected chi connectivity index (χ1v) is 8.70. The van der Waals surface area contributed by atoms with Crippen LogP contribution in [0, 0.1) is 5.92 Å². The Bertz CT molecular complexity index is 515. The van der Waals surface area contributed by atoms with Gasteiger partial charge in [0.1, 0.15) is 0 Å². The first-order valence-electron chi connectivity index (χ1n) is 8.70. The molecule has 3 rings (SSSR count). The summed E-state index contributed by atoms with van der Waals surface area (Å²) in [5.41, 5.74) is 1.25. The molecule has 2 saturated heterocycles. The van der Waals surface area contributed by atoms with E-state index in [1.807, 2.05) is 6.20 Å². The van der Waals surface area contributed by atoms with Gasteiger partial charge in [-0.1, -0.05) is 0 Å². The van der Waals surface area contributed by atoms with Gasteiger partial charge in [-0.05, 0) is 47.0 Å². The van der Waals surface area contributed by atoms with Crippen LogP contribution >= 0.6 is 0 Å². The molecule has 1 aromatic rings. The third-order valence-electron chi connectivity index (χ3n) is 5.21. The number of β-amino-alcohol motifs (C(OH)–C–C–N with tert-alkyl or cyclic N) is 1. The van der Waals surface area contributed by atoms with E-state index in [0.29, 0.717) is 6.04 Å². The van der Waals surface area contributed by atoms with Crippen LogP contribution in [0.5, 0.6) is 0 Å². The molecule has 128 valence electrons. The van der Waals surface area contributed by atoms with Crippen molar-refractivity contribution in [3.63, 3.8) is 0 Å². The molecule has 5 nitrogen and oxygen atoms in total. The molecule has 1 aromatic heterocycles. The predicted octanol–water partition coefficient (Wildman–Crippen LogP) is 1.62. The number of nitrogens with zero attached hydrogens (tertiary/aromatic N) is 3. The van der Waals surface area contributed by atoms with Crippen molar-refractivity contribution in [2.45, 2.75) is 70.2 Å². The summed E-state index contributed by atoms with van der Waals surface area (Å²) in [6.07, 6.45) is 8.03. The van der Waals surface area contributed by atoms with Crippen LogP contribution in [0.2, 0.25) is 0 Å². The van der Waals surface area contributed by atoms with E-state index in [1.165, 1.54) is 0 Å². The first-order chi connectivity index (χ1) is 10.7. The Hall–Kier alpha value is -1.04. The van der Waals surface area contributed by atoms with Crippen molar-refractivity contribution >= 4 is 0 Å². The summed E-state index contributed by atoms with van der Waals surface area (Å²) in [7, 11) is 0. The molecular weight excluding hydrogens is 288 g/mol. The van der Waals surface area contributed by atoms with Crippen molar-refractivity contribution < 1.29 is 5.11 Å². The van der Waals surface area contributed by atoms with Gasteiger partial charge in [-0.25, -0.2) is 0 Å². The van der Waals surface area contributed by atoms with Gasteiger partial charge in [-0.15, -0.1) is 0 Å². The molecule has 2 atom stereocenters. The Balaban J connectivity index is 1.66. The Kier molecular flexibility index (Phi) is 4.47. The zero-order valence-electron chi connectivity index (χ0n) is 14.8. The quantitative estimate of drug-likeness (QED) is 0.887. The Morgan fingerprint density at radius 2 is 1.87 bits per heavy atom. The highest BCUT2D eigenvalue weighted by molar-refractivity contribution is 5.04. The lowest BCUT2D eigenvalue weighted by Crippen LogP contribution is -2.62. The molecule has 0 bridgehead atoms. The van der Waals surface area contributed by atoms with Crippen LogP contribution in [0.1, 0.15) is 46.2 Å². The van der Waals surface area contributed by atoms with Gasteiger partial charge in [0.15, 0.2) is 0 Å². The standard InChI is InChI=1S/C18H30N4O/c1-17(2)8-15(9-18(3,4)21-17)22-11-13(16(23)12-22)7-14-10-19-5-6-20-14/h5-6,10,13,15-16,21,23H,7-9,11-12H2,1-4H3/t13-,16-/m1/s1. The molecular formula is C18H30N4O. The molecule has 0 radical (unpaired) electrons. The maximum atomic E-state index is 10.5. The summed E-state index contributed by atoms with van der Waals surface area (Å²) in [6, 6.07) is 0.530. The Morgan fingerprint density at radius 3 is 2.48 bits per heavy atom. The number of rotatable bonds is 3. The average Bonchev–Trinajstić information content (AvgIpc) is 2.78. The van der Waals surface area contributed by atoms with Crippen molar-refractivity contribution in [2.24, 2.45) is 5.92 Å². The number of hydrogen-bond acceptors (Lipinski definition) is 5. The van der Waals surface area contributed by atoms with Crippen molar-refractivity contribution in [3.05, 3.63) is 24.3 Å². The van der Waals surface area contributed by atoms with Gasteiger partial charge in [0, 0.05) is 54.7 Å². The number of piperidine rings is 1. The van der Waals surface area contributed by atoms with Crippen molar-refractivity contribution in [3.8, 4) is 0 Å². The highest BCUT2D eigenvalue weighted by Gasteiger charge is 2.43. The highest BCUT2D eigenvalue weighted by atomic mass is 16.3. The van der Waals surface area contributed by atoms with Gasteiger partial charge in [0.2, 0.25) is 0 Å². The number of likely N-dealkylation sites (tertiary alicyclic amines) is 1. The van der Waals surface area contributed by atoms with E-state index in [2.05, 4.69) is 47.9 Å².